The molecule has 0 aliphatic rings. The molecule has 0 spiro atoms. The lowest BCUT2D eigenvalue weighted by atomic mass is 10.4. The third-order valence-corrected chi connectivity index (χ3v) is 3.07. The quantitative estimate of drug-likeness (QED) is 0.597. The molecule has 0 aromatic heterocycles. The monoisotopic (exact) mass is 213 g/mol. The van der Waals surface area contributed by atoms with Crippen molar-refractivity contribution in [1.29, 1.82) is 5.41 Å². The first-order valence-corrected chi connectivity index (χ1v) is 5.59. The highest BCUT2D eigenvalue weighted by atomic mass is 32.2. The first-order valence-electron chi connectivity index (χ1n) is 4.10. The third-order valence-electron chi connectivity index (χ3n) is 1.57. The molecule has 1 N–H and O–H groups in total. The second-order valence-corrected chi connectivity index (χ2v) is 4.39. The largest absolute Gasteiger partial charge is 0.470 e. The fraction of sp³-hybridized carbons (Fsp3) is 0.222. The zero-order valence-electron chi connectivity index (χ0n) is 7.73. The van der Waals surface area contributed by atoms with Crippen molar-refractivity contribution < 1.29 is 13.2 Å². The molecule has 0 fully saturated rings. The molecule has 0 saturated heterocycles. The maximum atomic E-state index is 11.6. The summed E-state index contributed by atoms with van der Waals surface area (Å²) in [5.74, 6) is 0. The molecule has 0 aliphatic carbocycles. The molecule has 1 aromatic rings. The van der Waals surface area contributed by atoms with E-state index in [0.717, 1.165) is 0 Å². The Balaban J connectivity index is 3.04. The van der Waals surface area contributed by atoms with Gasteiger partial charge in [0.1, 0.15) is 0 Å². The van der Waals surface area contributed by atoms with E-state index in [4.69, 9.17) is 5.41 Å². The van der Waals surface area contributed by atoms with Crippen LogP contribution in [0, 0.1) is 5.41 Å². The van der Waals surface area contributed by atoms with Crippen LogP contribution in [0.3, 0.4) is 0 Å². The van der Waals surface area contributed by atoms with Crippen molar-refractivity contribution >= 4 is 15.1 Å². The Morgan fingerprint density at radius 2 is 1.93 bits per heavy atom. The Kier molecular flexibility index (Phi) is 3.24. The molecule has 14 heavy (non-hydrogen) atoms. The Morgan fingerprint density at radius 3 is 2.43 bits per heavy atom. The highest BCUT2D eigenvalue weighted by Crippen LogP contribution is 2.11. The van der Waals surface area contributed by atoms with Gasteiger partial charge >= 0.3 is 5.23 Å². The Labute approximate surface area is 83.0 Å². The van der Waals surface area contributed by atoms with E-state index in [1.54, 1.807) is 25.1 Å². The van der Waals surface area contributed by atoms with E-state index in [1.165, 1.54) is 12.1 Å². The molecule has 1 aromatic carbocycles. The first-order chi connectivity index (χ1) is 6.59. The van der Waals surface area contributed by atoms with E-state index in [9.17, 15) is 8.42 Å². The summed E-state index contributed by atoms with van der Waals surface area (Å²) in [6.45, 7) is 1.81. The summed E-state index contributed by atoms with van der Waals surface area (Å²) >= 11 is 0. The third kappa shape index (κ3) is 2.11. The number of benzene rings is 1. The average molecular weight is 213 g/mol. The van der Waals surface area contributed by atoms with Crippen molar-refractivity contribution in [3.8, 4) is 0 Å². The van der Waals surface area contributed by atoms with Crippen molar-refractivity contribution in [2.45, 2.75) is 11.8 Å². The summed E-state index contributed by atoms with van der Waals surface area (Å²) in [7, 11) is -3.74. The van der Waals surface area contributed by atoms with Gasteiger partial charge in [-0.3, -0.25) is 5.41 Å². The number of nitrogens with one attached hydrogen (secondary N) is 1. The van der Waals surface area contributed by atoms with E-state index in [0.29, 0.717) is 0 Å². The van der Waals surface area contributed by atoms with Crippen LogP contribution in [0.1, 0.15) is 6.92 Å². The normalized spacial score (nSPS) is 10.9. The van der Waals surface area contributed by atoms with Crippen LogP contribution in [-0.2, 0) is 14.6 Å². The van der Waals surface area contributed by atoms with Gasteiger partial charge in [-0.05, 0) is 19.1 Å². The SMILES string of the molecule is CCOC(=N)S(=O)(=O)c1ccccc1. The van der Waals surface area contributed by atoms with Gasteiger partial charge in [-0.2, -0.15) is 0 Å². The molecule has 1 rings (SSSR count). The number of rotatable bonds is 2. The number of hydrogen-bond donors (Lipinski definition) is 1. The Bertz CT molecular complexity index is 411. The maximum Gasteiger partial charge on any atom is 0.307 e. The molecule has 0 aliphatic heterocycles. The summed E-state index contributed by atoms with van der Waals surface area (Å²) < 4.78 is 27.8. The second kappa shape index (κ2) is 4.23. The molecule has 0 radical (unpaired) electrons. The summed E-state index contributed by atoms with van der Waals surface area (Å²) in [6, 6.07) is 7.79. The van der Waals surface area contributed by atoms with Crippen molar-refractivity contribution in [3.05, 3.63) is 30.3 Å². The van der Waals surface area contributed by atoms with E-state index in [-0.39, 0.29) is 11.5 Å². The summed E-state index contributed by atoms with van der Waals surface area (Å²) in [5, 5.41) is 6.52. The minimum absolute atomic E-state index is 0.0819. The minimum atomic E-state index is -3.74. The van der Waals surface area contributed by atoms with Crippen molar-refractivity contribution in [2.24, 2.45) is 0 Å². The van der Waals surface area contributed by atoms with E-state index in [2.05, 4.69) is 4.74 Å². The van der Waals surface area contributed by atoms with Crippen LogP contribution in [-0.4, -0.2) is 20.3 Å². The fourth-order valence-electron chi connectivity index (χ4n) is 0.915. The molecule has 4 nitrogen and oxygen atoms in total. The van der Waals surface area contributed by atoms with Gasteiger partial charge in [-0.1, -0.05) is 18.2 Å². The van der Waals surface area contributed by atoms with Gasteiger partial charge in [0.25, 0.3) is 9.84 Å². The average Bonchev–Trinajstić information content (AvgIpc) is 2.19. The van der Waals surface area contributed by atoms with Gasteiger partial charge in [-0.15, -0.1) is 0 Å². The maximum absolute atomic E-state index is 11.6. The zero-order valence-corrected chi connectivity index (χ0v) is 8.54. The lowest BCUT2D eigenvalue weighted by Crippen LogP contribution is -2.17. The van der Waals surface area contributed by atoms with E-state index >= 15 is 0 Å². The number of hydrogen-bond acceptors (Lipinski definition) is 4. The van der Waals surface area contributed by atoms with E-state index < -0.39 is 15.1 Å². The van der Waals surface area contributed by atoms with Gasteiger partial charge in [0, 0.05) is 0 Å². The number of sulfone groups is 1. The summed E-state index contributed by atoms with van der Waals surface area (Å²) in [5.41, 5.74) is 0. The molecule has 0 saturated carbocycles. The first kappa shape index (κ1) is 10.7. The Hall–Kier alpha value is -1.36. The Morgan fingerprint density at radius 1 is 1.36 bits per heavy atom. The lowest BCUT2D eigenvalue weighted by Gasteiger charge is -2.05. The standard InChI is InChI=1S/C9H11NO3S/c1-2-13-9(10)14(11,12)8-6-4-3-5-7-8/h3-7,10H,2H2,1H3. The molecule has 0 amide bonds. The topological polar surface area (TPSA) is 67.2 Å². The molecule has 5 heteroatoms. The van der Waals surface area contributed by atoms with Gasteiger partial charge in [0.05, 0.1) is 11.5 Å². The van der Waals surface area contributed by atoms with E-state index in [1.807, 2.05) is 0 Å². The summed E-state index contributed by atoms with van der Waals surface area (Å²) in [6.07, 6.45) is 0. The molecule has 0 heterocycles. The highest BCUT2D eigenvalue weighted by Gasteiger charge is 2.21. The van der Waals surface area contributed by atoms with Crippen LogP contribution in [0.15, 0.2) is 35.2 Å². The van der Waals surface area contributed by atoms with Crippen molar-refractivity contribution in [2.75, 3.05) is 6.61 Å². The smallest absolute Gasteiger partial charge is 0.307 e. The van der Waals surface area contributed by atoms with Gasteiger partial charge < -0.3 is 4.74 Å². The fourth-order valence-corrected chi connectivity index (χ4v) is 1.92. The van der Waals surface area contributed by atoms with Gasteiger partial charge in [-0.25, -0.2) is 8.42 Å². The van der Waals surface area contributed by atoms with Crippen LogP contribution < -0.4 is 0 Å². The molecular weight excluding hydrogens is 202 g/mol. The molecule has 0 bridgehead atoms. The van der Waals surface area contributed by atoms with Gasteiger partial charge in [0.15, 0.2) is 0 Å². The minimum Gasteiger partial charge on any atom is -0.470 e. The van der Waals surface area contributed by atoms with Crippen LogP contribution in [0.4, 0.5) is 0 Å². The van der Waals surface area contributed by atoms with Crippen molar-refractivity contribution in [1.82, 2.24) is 0 Å². The zero-order chi connectivity index (χ0) is 10.6. The highest BCUT2D eigenvalue weighted by molar-refractivity contribution is 8.05. The molecular formula is C9H11NO3S. The predicted molar refractivity (Wildman–Crippen MR) is 53.0 cm³/mol. The molecule has 76 valence electrons. The molecule has 0 unspecified atom stereocenters. The lowest BCUT2D eigenvalue weighted by molar-refractivity contribution is 0.331. The number of ether oxygens (including phenoxy) is 1. The van der Waals surface area contributed by atoms with Crippen LogP contribution in [0.25, 0.3) is 0 Å². The molecule has 0 atom stereocenters. The van der Waals surface area contributed by atoms with Gasteiger partial charge in [0.2, 0.25) is 0 Å². The van der Waals surface area contributed by atoms with Crippen molar-refractivity contribution in [3.63, 3.8) is 0 Å². The van der Waals surface area contributed by atoms with Crippen LogP contribution in [0.2, 0.25) is 0 Å². The summed E-state index contributed by atoms with van der Waals surface area (Å²) in [4.78, 5) is 0.0819. The van der Waals surface area contributed by atoms with Crippen LogP contribution in [0.5, 0.6) is 0 Å². The second-order valence-electron chi connectivity index (χ2n) is 2.54. The van der Waals surface area contributed by atoms with Crippen LogP contribution >= 0.6 is 0 Å². The predicted octanol–water partition coefficient (Wildman–Crippen LogP) is 1.43.